The van der Waals surface area contributed by atoms with Gasteiger partial charge < -0.3 is 15.2 Å². The van der Waals surface area contributed by atoms with Crippen LogP contribution in [0.5, 0.6) is 0 Å². The quantitative estimate of drug-likeness (QED) is 0.913. The van der Waals surface area contributed by atoms with E-state index >= 15 is 0 Å². The van der Waals surface area contributed by atoms with Gasteiger partial charge in [-0.2, -0.15) is 0 Å². The lowest BCUT2D eigenvalue weighted by molar-refractivity contribution is -0.126. The Morgan fingerprint density at radius 3 is 2.87 bits per heavy atom. The number of hydrogen-bond donors (Lipinski definition) is 2. The van der Waals surface area contributed by atoms with Crippen molar-refractivity contribution in [1.29, 1.82) is 0 Å². The molecule has 2 heterocycles. The van der Waals surface area contributed by atoms with Gasteiger partial charge in [-0.3, -0.25) is 9.59 Å². The Labute approximate surface area is 135 Å². The zero-order chi connectivity index (χ0) is 15.8. The van der Waals surface area contributed by atoms with E-state index in [-0.39, 0.29) is 17.7 Å². The van der Waals surface area contributed by atoms with Crippen molar-refractivity contribution in [3.63, 3.8) is 0 Å². The summed E-state index contributed by atoms with van der Waals surface area (Å²) in [4.78, 5) is 30.0. The van der Waals surface area contributed by atoms with Crippen molar-refractivity contribution >= 4 is 22.7 Å². The number of H-pyrrole nitrogens is 1. The lowest BCUT2D eigenvalue weighted by Gasteiger charge is -2.32. The van der Waals surface area contributed by atoms with Gasteiger partial charge in [0.1, 0.15) is 0 Å². The maximum Gasteiger partial charge on any atom is 0.253 e. The number of likely N-dealkylation sites (tertiary alicyclic amines) is 1. The molecule has 4 rings (SSSR count). The molecule has 1 saturated carbocycles. The molecule has 2 amide bonds. The highest BCUT2D eigenvalue weighted by Crippen LogP contribution is 2.23. The maximum atomic E-state index is 12.7. The largest absolute Gasteiger partial charge is 0.361 e. The molecule has 2 fully saturated rings. The van der Waals surface area contributed by atoms with Crippen molar-refractivity contribution in [2.24, 2.45) is 5.92 Å². The summed E-state index contributed by atoms with van der Waals surface area (Å²) in [5.41, 5.74) is 1.65. The van der Waals surface area contributed by atoms with Crippen molar-refractivity contribution in [2.75, 3.05) is 13.1 Å². The van der Waals surface area contributed by atoms with Crippen LogP contribution in [-0.2, 0) is 4.79 Å². The normalized spacial score (nSPS) is 21.4. The fourth-order valence-electron chi connectivity index (χ4n) is 3.29. The average molecular weight is 311 g/mol. The second kappa shape index (κ2) is 5.72. The third-order valence-corrected chi connectivity index (χ3v) is 4.81. The summed E-state index contributed by atoms with van der Waals surface area (Å²) in [7, 11) is 0. The molecule has 0 unspecified atom stereocenters. The lowest BCUT2D eigenvalue weighted by atomic mass is 9.96. The van der Waals surface area contributed by atoms with Gasteiger partial charge in [-0.25, -0.2) is 0 Å². The zero-order valence-corrected chi connectivity index (χ0v) is 13.0. The van der Waals surface area contributed by atoms with Crippen LogP contribution in [0, 0.1) is 5.92 Å². The van der Waals surface area contributed by atoms with Gasteiger partial charge in [0, 0.05) is 36.4 Å². The Morgan fingerprint density at radius 1 is 1.17 bits per heavy atom. The van der Waals surface area contributed by atoms with Crippen LogP contribution < -0.4 is 5.32 Å². The molecule has 5 nitrogen and oxygen atoms in total. The van der Waals surface area contributed by atoms with E-state index in [1.54, 1.807) is 0 Å². The van der Waals surface area contributed by atoms with Crippen molar-refractivity contribution in [2.45, 2.75) is 31.7 Å². The van der Waals surface area contributed by atoms with Crippen LogP contribution in [0.25, 0.3) is 10.9 Å². The van der Waals surface area contributed by atoms with Gasteiger partial charge in [0.15, 0.2) is 0 Å². The zero-order valence-electron chi connectivity index (χ0n) is 13.0. The first-order valence-electron chi connectivity index (χ1n) is 8.37. The summed E-state index contributed by atoms with van der Waals surface area (Å²) in [5.74, 6) is 0.0674. The molecule has 1 aromatic heterocycles. The Morgan fingerprint density at radius 2 is 2.04 bits per heavy atom. The fourth-order valence-corrected chi connectivity index (χ4v) is 3.29. The van der Waals surface area contributed by atoms with Gasteiger partial charge in [0.2, 0.25) is 5.91 Å². The van der Waals surface area contributed by atoms with Crippen molar-refractivity contribution in [3.05, 3.63) is 36.0 Å². The molecule has 1 aromatic carbocycles. The van der Waals surface area contributed by atoms with E-state index in [9.17, 15) is 9.59 Å². The van der Waals surface area contributed by atoms with Gasteiger partial charge in [-0.05, 0) is 49.3 Å². The molecule has 1 aliphatic heterocycles. The Kier molecular flexibility index (Phi) is 3.56. The number of rotatable bonds is 3. The van der Waals surface area contributed by atoms with Gasteiger partial charge in [-0.1, -0.05) is 6.07 Å². The highest BCUT2D eigenvalue weighted by molar-refractivity contribution is 5.98. The summed E-state index contributed by atoms with van der Waals surface area (Å²) in [6.45, 7) is 1.26. The van der Waals surface area contributed by atoms with Crippen LogP contribution in [0.1, 0.15) is 36.0 Å². The summed E-state index contributed by atoms with van der Waals surface area (Å²) in [5, 5.41) is 4.16. The standard InChI is InChI=1S/C18H21N3O2/c22-17(20-15-5-6-15)14-2-1-9-21(11-14)18(23)13-4-3-12-7-8-19-16(12)10-13/h3-4,7-8,10,14-15,19H,1-2,5-6,9,11H2,(H,20,22)/t14-/m1/s1. The SMILES string of the molecule is O=C(NC1CC1)[C@@H]1CCCN(C(=O)c2ccc3cc[nH]c3c2)C1. The van der Waals surface area contributed by atoms with E-state index in [4.69, 9.17) is 0 Å². The first-order chi connectivity index (χ1) is 11.2. The van der Waals surface area contributed by atoms with E-state index in [1.807, 2.05) is 35.4 Å². The van der Waals surface area contributed by atoms with Crippen LogP contribution in [-0.4, -0.2) is 40.8 Å². The first-order valence-corrected chi connectivity index (χ1v) is 8.37. The van der Waals surface area contributed by atoms with E-state index in [0.717, 1.165) is 43.1 Å². The summed E-state index contributed by atoms with van der Waals surface area (Å²) < 4.78 is 0. The van der Waals surface area contributed by atoms with E-state index in [1.165, 1.54) is 0 Å². The molecule has 0 radical (unpaired) electrons. The van der Waals surface area contributed by atoms with Crippen molar-refractivity contribution in [1.82, 2.24) is 15.2 Å². The Bertz CT molecular complexity index is 748. The second-order valence-electron chi connectivity index (χ2n) is 6.65. The molecule has 0 bridgehead atoms. The molecule has 5 heteroatoms. The summed E-state index contributed by atoms with van der Waals surface area (Å²) >= 11 is 0. The summed E-state index contributed by atoms with van der Waals surface area (Å²) in [6, 6.07) is 8.09. The topological polar surface area (TPSA) is 65.2 Å². The van der Waals surface area contributed by atoms with Crippen LogP contribution in [0.2, 0.25) is 0 Å². The van der Waals surface area contributed by atoms with Gasteiger partial charge >= 0.3 is 0 Å². The molecule has 0 spiro atoms. The van der Waals surface area contributed by atoms with Crippen LogP contribution in [0.4, 0.5) is 0 Å². The van der Waals surface area contributed by atoms with Gasteiger partial charge in [0.05, 0.1) is 5.92 Å². The minimum absolute atomic E-state index is 0.0189. The monoisotopic (exact) mass is 311 g/mol. The fraction of sp³-hybridized carbons (Fsp3) is 0.444. The number of aromatic nitrogens is 1. The molecule has 2 aliphatic rings. The van der Waals surface area contributed by atoms with E-state index in [2.05, 4.69) is 10.3 Å². The third-order valence-electron chi connectivity index (χ3n) is 4.81. The third kappa shape index (κ3) is 2.96. The smallest absolute Gasteiger partial charge is 0.253 e. The molecule has 23 heavy (non-hydrogen) atoms. The predicted octanol–water partition coefficient (Wildman–Crippen LogP) is 2.30. The molecule has 2 N–H and O–H groups in total. The number of piperidine rings is 1. The van der Waals surface area contributed by atoms with Crippen LogP contribution in [0.15, 0.2) is 30.5 Å². The highest BCUT2D eigenvalue weighted by Gasteiger charge is 2.32. The van der Waals surface area contributed by atoms with Crippen LogP contribution >= 0.6 is 0 Å². The number of aromatic amines is 1. The number of nitrogens with zero attached hydrogens (tertiary/aromatic N) is 1. The molecule has 1 aliphatic carbocycles. The number of carbonyl (C=O) groups is 2. The van der Waals surface area contributed by atoms with Gasteiger partial charge in [-0.15, -0.1) is 0 Å². The molecule has 120 valence electrons. The molecule has 1 saturated heterocycles. The minimum atomic E-state index is -0.0671. The highest BCUT2D eigenvalue weighted by atomic mass is 16.2. The average Bonchev–Trinajstić information content (AvgIpc) is 3.27. The number of amides is 2. The number of carbonyl (C=O) groups excluding carboxylic acids is 2. The number of hydrogen-bond acceptors (Lipinski definition) is 2. The van der Waals surface area contributed by atoms with Crippen LogP contribution in [0.3, 0.4) is 0 Å². The first kappa shape index (κ1) is 14.3. The maximum absolute atomic E-state index is 12.7. The number of nitrogens with one attached hydrogen (secondary N) is 2. The predicted molar refractivity (Wildman–Crippen MR) is 88.1 cm³/mol. The Hall–Kier alpha value is -2.30. The molecule has 1 atom stereocenters. The van der Waals surface area contributed by atoms with E-state index in [0.29, 0.717) is 18.2 Å². The second-order valence-corrected chi connectivity index (χ2v) is 6.65. The van der Waals surface area contributed by atoms with E-state index < -0.39 is 0 Å². The Balaban J connectivity index is 1.47. The lowest BCUT2D eigenvalue weighted by Crippen LogP contribution is -2.45. The van der Waals surface area contributed by atoms with Crippen molar-refractivity contribution in [3.8, 4) is 0 Å². The van der Waals surface area contributed by atoms with Crippen molar-refractivity contribution < 1.29 is 9.59 Å². The van der Waals surface area contributed by atoms with Gasteiger partial charge in [0.25, 0.3) is 5.91 Å². The summed E-state index contributed by atoms with van der Waals surface area (Å²) in [6.07, 6.45) is 5.82. The number of benzene rings is 1. The molecule has 2 aromatic rings. The number of fused-ring (bicyclic) bond motifs is 1. The molecular weight excluding hydrogens is 290 g/mol. The minimum Gasteiger partial charge on any atom is -0.361 e. The molecular formula is C18H21N3O2.